The number of rotatable bonds is 1. The molecule has 0 bridgehead atoms. The minimum atomic E-state index is -0.172. The highest BCUT2D eigenvalue weighted by molar-refractivity contribution is 6.33. The number of carbonyl (C=O) groups is 1. The molecule has 1 heterocycles. The van der Waals surface area contributed by atoms with Crippen molar-refractivity contribution in [3.63, 3.8) is 0 Å². The van der Waals surface area contributed by atoms with E-state index in [9.17, 15) is 4.79 Å². The largest absolute Gasteiger partial charge is 0.328 e. The maximum Gasteiger partial charge on any atom is 0.233 e. The molecular formula is C15H19ClN2O. The van der Waals surface area contributed by atoms with E-state index in [4.69, 9.17) is 17.3 Å². The standard InChI is InChI=1S/C15H19ClN2O/c16-12-3-1-2-4-13(12)18-10-9-15(14(18)19)7-5-11(17)6-8-15/h1-4,11H,5-10,17H2. The lowest BCUT2D eigenvalue weighted by molar-refractivity contribution is -0.127. The summed E-state index contributed by atoms with van der Waals surface area (Å²) >= 11 is 6.21. The van der Waals surface area contributed by atoms with Crippen molar-refractivity contribution < 1.29 is 4.79 Å². The molecule has 1 spiro atoms. The molecule has 1 aromatic carbocycles. The summed E-state index contributed by atoms with van der Waals surface area (Å²) in [6.07, 6.45) is 4.70. The molecule has 1 aliphatic heterocycles. The van der Waals surface area contributed by atoms with Gasteiger partial charge in [-0.15, -0.1) is 0 Å². The third-order valence-electron chi connectivity index (χ3n) is 4.64. The van der Waals surface area contributed by atoms with Crippen molar-refractivity contribution in [1.82, 2.24) is 0 Å². The zero-order chi connectivity index (χ0) is 13.5. The lowest BCUT2D eigenvalue weighted by atomic mass is 9.71. The van der Waals surface area contributed by atoms with Crippen LogP contribution in [0.25, 0.3) is 0 Å². The molecular weight excluding hydrogens is 260 g/mol. The monoisotopic (exact) mass is 278 g/mol. The Morgan fingerprint density at radius 1 is 1.21 bits per heavy atom. The van der Waals surface area contributed by atoms with Crippen molar-refractivity contribution in [3.05, 3.63) is 29.3 Å². The van der Waals surface area contributed by atoms with Crippen molar-refractivity contribution >= 4 is 23.2 Å². The maximum atomic E-state index is 12.8. The first-order valence-corrected chi connectivity index (χ1v) is 7.32. The van der Waals surface area contributed by atoms with Gasteiger partial charge in [0.1, 0.15) is 0 Å². The minimum Gasteiger partial charge on any atom is -0.328 e. The minimum absolute atomic E-state index is 0.172. The highest BCUT2D eigenvalue weighted by Gasteiger charge is 2.48. The van der Waals surface area contributed by atoms with Gasteiger partial charge in [0, 0.05) is 12.6 Å². The first-order chi connectivity index (χ1) is 9.12. The van der Waals surface area contributed by atoms with Crippen LogP contribution in [0.1, 0.15) is 32.1 Å². The number of para-hydroxylation sites is 1. The van der Waals surface area contributed by atoms with Crippen LogP contribution in [0.4, 0.5) is 5.69 Å². The molecule has 19 heavy (non-hydrogen) atoms. The Bertz CT molecular complexity index is 495. The first-order valence-electron chi connectivity index (χ1n) is 6.94. The number of anilines is 1. The number of carbonyl (C=O) groups excluding carboxylic acids is 1. The molecule has 0 aromatic heterocycles. The lowest BCUT2D eigenvalue weighted by Gasteiger charge is -2.34. The third-order valence-corrected chi connectivity index (χ3v) is 4.96. The first kappa shape index (κ1) is 12.9. The summed E-state index contributed by atoms with van der Waals surface area (Å²) in [5.41, 5.74) is 6.63. The molecule has 3 nitrogen and oxygen atoms in total. The van der Waals surface area contributed by atoms with Crippen LogP contribution in [-0.4, -0.2) is 18.5 Å². The molecule has 4 heteroatoms. The Morgan fingerprint density at radius 2 is 1.89 bits per heavy atom. The van der Waals surface area contributed by atoms with Gasteiger partial charge in [-0.1, -0.05) is 23.7 Å². The zero-order valence-corrected chi connectivity index (χ0v) is 11.7. The quantitative estimate of drug-likeness (QED) is 0.858. The van der Waals surface area contributed by atoms with Crippen LogP contribution in [0, 0.1) is 5.41 Å². The van der Waals surface area contributed by atoms with Crippen molar-refractivity contribution in [2.45, 2.75) is 38.1 Å². The van der Waals surface area contributed by atoms with Crippen molar-refractivity contribution in [3.8, 4) is 0 Å². The summed E-state index contributed by atoms with van der Waals surface area (Å²) in [6, 6.07) is 7.85. The molecule has 0 atom stereocenters. The Morgan fingerprint density at radius 3 is 2.58 bits per heavy atom. The summed E-state index contributed by atoms with van der Waals surface area (Å²) in [5, 5.41) is 0.653. The van der Waals surface area contributed by atoms with Gasteiger partial charge < -0.3 is 10.6 Å². The van der Waals surface area contributed by atoms with Gasteiger partial charge in [0.05, 0.1) is 16.1 Å². The van der Waals surface area contributed by atoms with Gasteiger partial charge in [-0.2, -0.15) is 0 Å². The Labute approximate surface area is 118 Å². The SMILES string of the molecule is NC1CCC2(CC1)CCN(c1ccccc1Cl)C2=O. The number of amides is 1. The fraction of sp³-hybridized carbons (Fsp3) is 0.533. The second kappa shape index (κ2) is 4.80. The molecule has 3 rings (SSSR count). The van der Waals surface area contributed by atoms with Crippen LogP contribution in [0.2, 0.25) is 5.02 Å². The van der Waals surface area contributed by atoms with Gasteiger partial charge in [-0.3, -0.25) is 4.79 Å². The van der Waals surface area contributed by atoms with Crippen molar-refractivity contribution in [1.29, 1.82) is 0 Å². The second-order valence-electron chi connectivity index (χ2n) is 5.78. The van der Waals surface area contributed by atoms with Gasteiger partial charge in [-0.25, -0.2) is 0 Å². The van der Waals surface area contributed by atoms with Crippen LogP contribution >= 0.6 is 11.6 Å². The van der Waals surface area contributed by atoms with Crippen LogP contribution in [0.5, 0.6) is 0 Å². The molecule has 0 radical (unpaired) electrons. The molecule has 102 valence electrons. The topological polar surface area (TPSA) is 46.3 Å². The third kappa shape index (κ3) is 2.15. The molecule has 1 amide bonds. The number of nitrogens with two attached hydrogens (primary N) is 1. The number of halogens is 1. The zero-order valence-electron chi connectivity index (χ0n) is 10.9. The fourth-order valence-electron chi connectivity index (χ4n) is 3.38. The molecule has 0 unspecified atom stereocenters. The van der Waals surface area contributed by atoms with E-state index in [0.717, 1.165) is 44.3 Å². The number of nitrogens with zero attached hydrogens (tertiary/aromatic N) is 1. The summed E-state index contributed by atoms with van der Waals surface area (Å²) in [4.78, 5) is 14.6. The highest BCUT2D eigenvalue weighted by atomic mass is 35.5. The Balaban J connectivity index is 1.85. The predicted molar refractivity (Wildman–Crippen MR) is 77.3 cm³/mol. The number of benzene rings is 1. The molecule has 1 aliphatic carbocycles. The number of hydrogen-bond donors (Lipinski definition) is 1. The van der Waals surface area contributed by atoms with Gasteiger partial charge in [-0.05, 0) is 44.2 Å². The van der Waals surface area contributed by atoms with E-state index in [1.54, 1.807) is 0 Å². The maximum absolute atomic E-state index is 12.8. The second-order valence-corrected chi connectivity index (χ2v) is 6.18. The molecule has 2 fully saturated rings. The average molecular weight is 279 g/mol. The smallest absolute Gasteiger partial charge is 0.233 e. The van der Waals surface area contributed by atoms with Crippen LogP contribution in [0.15, 0.2) is 24.3 Å². The summed E-state index contributed by atoms with van der Waals surface area (Å²) in [6.45, 7) is 0.776. The Kier molecular flexibility index (Phi) is 3.27. The van der Waals surface area contributed by atoms with E-state index in [1.165, 1.54) is 0 Å². The molecule has 1 saturated carbocycles. The lowest BCUT2D eigenvalue weighted by Crippen LogP contribution is -2.40. The predicted octanol–water partition coefficient (Wildman–Crippen LogP) is 2.96. The average Bonchev–Trinajstić information content (AvgIpc) is 2.72. The number of hydrogen-bond acceptors (Lipinski definition) is 2. The van der Waals surface area contributed by atoms with E-state index >= 15 is 0 Å². The summed E-state index contributed by atoms with van der Waals surface area (Å²) in [7, 11) is 0. The van der Waals surface area contributed by atoms with Gasteiger partial charge >= 0.3 is 0 Å². The van der Waals surface area contributed by atoms with Gasteiger partial charge in [0.2, 0.25) is 5.91 Å². The van der Waals surface area contributed by atoms with Crippen molar-refractivity contribution in [2.75, 3.05) is 11.4 Å². The van der Waals surface area contributed by atoms with Gasteiger partial charge in [0.25, 0.3) is 0 Å². The summed E-state index contributed by atoms with van der Waals surface area (Å²) < 4.78 is 0. The van der Waals surface area contributed by atoms with Crippen LogP contribution < -0.4 is 10.6 Å². The normalized spacial score (nSPS) is 31.2. The molecule has 2 aliphatic rings. The summed E-state index contributed by atoms with van der Waals surface area (Å²) in [5.74, 6) is 0.243. The highest BCUT2D eigenvalue weighted by Crippen LogP contribution is 2.46. The van der Waals surface area contributed by atoms with Gasteiger partial charge in [0.15, 0.2) is 0 Å². The molecule has 2 N–H and O–H groups in total. The van der Waals surface area contributed by atoms with Crippen LogP contribution in [0.3, 0.4) is 0 Å². The van der Waals surface area contributed by atoms with Crippen molar-refractivity contribution in [2.24, 2.45) is 11.1 Å². The van der Waals surface area contributed by atoms with E-state index in [1.807, 2.05) is 29.2 Å². The van der Waals surface area contributed by atoms with Crippen LogP contribution in [-0.2, 0) is 4.79 Å². The molecule has 1 aromatic rings. The van der Waals surface area contributed by atoms with E-state index in [2.05, 4.69) is 0 Å². The molecule has 1 saturated heterocycles. The fourth-order valence-corrected chi connectivity index (χ4v) is 3.62. The Hall–Kier alpha value is -1.06. The van der Waals surface area contributed by atoms with E-state index < -0.39 is 0 Å². The van der Waals surface area contributed by atoms with E-state index in [-0.39, 0.29) is 17.4 Å². The van der Waals surface area contributed by atoms with E-state index in [0.29, 0.717) is 5.02 Å².